The van der Waals surface area contributed by atoms with Gasteiger partial charge in [-0.2, -0.15) is 0 Å². The Bertz CT molecular complexity index is 721. The van der Waals surface area contributed by atoms with Gasteiger partial charge in [0.25, 0.3) is 0 Å². The fraction of sp³-hybridized carbons (Fsp3) is 0.545. The van der Waals surface area contributed by atoms with E-state index < -0.39 is 0 Å². The molecule has 2 aliphatic rings. The summed E-state index contributed by atoms with van der Waals surface area (Å²) in [5.74, 6) is 0.931. The van der Waals surface area contributed by atoms with Gasteiger partial charge in [0.2, 0.25) is 0 Å². The van der Waals surface area contributed by atoms with E-state index in [9.17, 15) is 0 Å². The molecule has 3 heterocycles. The topological polar surface area (TPSA) is 19.0 Å². The fourth-order valence-electron chi connectivity index (χ4n) is 4.40. The molecule has 0 radical (unpaired) electrons. The third kappa shape index (κ3) is 4.65. The van der Waals surface area contributed by atoms with Gasteiger partial charge in [-0.3, -0.25) is 9.80 Å². The zero-order valence-corrected chi connectivity index (χ0v) is 17.4. The molecule has 1 aromatic carbocycles. The summed E-state index contributed by atoms with van der Waals surface area (Å²) in [6.45, 7) is 10.4. The second kappa shape index (κ2) is 8.63. The quantitative estimate of drug-likeness (QED) is 0.778. The Balaban J connectivity index is 1.29. The predicted octanol–water partition coefficient (Wildman–Crippen LogP) is 3.85. The van der Waals surface area contributed by atoms with Crippen molar-refractivity contribution < 1.29 is 4.74 Å². The number of hydrogen-bond acceptors (Lipinski definition) is 5. The number of hydrogen-bond donors (Lipinski definition) is 0. The van der Waals surface area contributed by atoms with Crippen LogP contribution in [-0.4, -0.2) is 62.2 Å². The Hall–Kier alpha value is -1.56. The Labute approximate surface area is 167 Å². The molecule has 2 aromatic rings. The molecule has 4 rings (SSSR count). The molecule has 0 bridgehead atoms. The minimum absolute atomic E-state index is 0.720. The molecule has 0 aliphatic carbocycles. The van der Waals surface area contributed by atoms with Gasteiger partial charge in [0.15, 0.2) is 0 Å². The molecule has 0 N–H and O–H groups in total. The van der Waals surface area contributed by atoms with Crippen LogP contribution in [0.25, 0.3) is 0 Å². The average Bonchev–Trinajstić information content (AvgIpc) is 3.13. The number of anilines is 1. The van der Waals surface area contributed by atoms with E-state index in [1.165, 1.54) is 54.5 Å². The normalized spacial score (nSPS) is 22.1. The number of methoxy groups -OCH3 is 1. The molecule has 1 aromatic heterocycles. The van der Waals surface area contributed by atoms with E-state index in [2.05, 4.69) is 58.0 Å². The highest BCUT2D eigenvalue weighted by Crippen LogP contribution is 2.24. The van der Waals surface area contributed by atoms with Crippen LogP contribution in [-0.2, 0) is 6.54 Å². The van der Waals surface area contributed by atoms with Crippen molar-refractivity contribution in [1.82, 2.24) is 9.80 Å². The molecule has 27 heavy (non-hydrogen) atoms. The van der Waals surface area contributed by atoms with E-state index in [-0.39, 0.29) is 0 Å². The molecule has 0 amide bonds. The predicted molar refractivity (Wildman–Crippen MR) is 114 cm³/mol. The van der Waals surface area contributed by atoms with Crippen LogP contribution in [0.2, 0.25) is 0 Å². The van der Waals surface area contributed by atoms with Crippen molar-refractivity contribution in [3.8, 4) is 5.75 Å². The first-order valence-electron chi connectivity index (χ1n) is 10.1. The number of ether oxygens (including phenoxy) is 1. The molecule has 2 saturated heterocycles. The van der Waals surface area contributed by atoms with Gasteiger partial charge in [-0.1, -0.05) is 0 Å². The number of aryl methyl sites for hydroxylation is 1. The zero-order valence-electron chi connectivity index (χ0n) is 16.6. The van der Waals surface area contributed by atoms with Crippen molar-refractivity contribution in [1.29, 1.82) is 0 Å². The van der Waals surface area contributed by atoms with Crippen molar-refractivity contribution in [3.63, 3.8) is 0 Å². The van der Waals surface area contributed by atoms with Crippen LogP contribution < -0.4 is 9.64 Å². The number of likely N-dealkylation sites (tertiary alicyclic amines) is 1. The lowest BCUT2D eigenvalue weighted by Crippen LogP contribution is -2.55. The Morgan fingerprint density at radius 2 is 1.78 bits per heavy atom. The van der Waals surface area contributed by atoms with Gasteiger partial charge < -0.3 is 9.64 Å². The summed E-state index contributed by atoms with van der Waals surface area (Å²) in [6, 6.07) is 13.8. The van der Waals surface area contributed by atoms with Gasteiger partial charge in [-0.05, 0) is 62.7 Å². The average molecular weight is 386 g/mol. The molecule has 5 heteroatoms. The van der Waals surface area contributed by atoms with E-state index in [1.54, 1.807) is 7.11 Å². The third-order valence-corrected chi connectivity index (χ3v) is 6.91. The van der Waals surface area contributed by atoms with E-state index in [1.807, 2.05) is 11.3 Å². The van der Waals surface area contributed by atoms with E-state index in [0.717, 1.165) is 31.4 Å². The highest BCUT2D eigenvalue weighted by molar-refractivity contribution is 7.11. The smallest absolute Gasteiger partial charge is 0.119 e. The molecular formula is C22H31N3OS. The molecule has 4 nitrogen and oxygen atoms in total. The maximum absolute atomic E-state index is 5.28. The summed E-state index contributed by atoms with van der Waals surface area (Å²) in [4.78, 5) is 10.8. The van der Waals surface area contributed by atoms with Crippen LogP contribution in [0.5, 0.6) is 5.75 Å². The van der Waals surface area contributed by atoms with Gasteiger partial charge in [0.1, 0.15) is 5.75 Å². The first kappa shape index (κ1) is 18.8. The maximum Gasteiger partial charge on any atom is 0.119 e. The van der Waals surface area contributed by atoms with Crippen molar-refractivity contribution in [3.05, 3.63) is 46.2 Å². The summed E-state index contributed by atoms with van der Waals surface area (Å²) >= 11 is 1.95. The molecule has 146 valence electrons. The molecule has 0 spiro atoms. The van der Waals surface area contributed by atoms with E-state index in [0.29, 0.717) is 0 Å². The van der Waals surface area contributed by atoms with Crippen molar-refractivity contribution in [2.45, 2.75) is 32.4 Å². The Kier molecular flexibility index (Phi) is 6.01. The number of thiophene rings is 1. The largest absolute Gasteiger partial charge is 0.497 e. The number of rotatable bonds is 5. The van der Waals surface area contributed by atoms with Gasteiger partial charge in [0, 0.05) is 60.8 Å². The maximum atomic E-state index is 5.28. The molecule has 2 aliphatic heterocycles. The highest BCUT2D eigenvalue weighted by Gasteiger charge is 2.28. The van der Waals surface area contributed by atoms with Crippen LogP contribution in [0, 0.1) is 6.92 Å². The number of piperidine rings is 1. The fourth-order valence-corrected chi connectivity index (χ4v) is 5.33. The summed E-state index contributed by atoms with van der Waals surface area (Å²) < 4.78 is 5.28. The minimum atomic E-state index is 0.720. The van der Waals surface area contributed by atoms with Crippen LogP contribution in [0.1, 0.15) is 22.6 Å². The van der Waals surface area contributed by atoms with Crippen LogP contribution in [0.4, 0.5) is 5.69 Å². The summed E-state index contributed by atoms with van der Waals surface area (Å²) in [5.41, 5.74) is 1.31. The Morgan fingerprint density at radius 3 is 2.44 bits per heavy atom. The van der Waals surface area contributed by atoms with Crippen LogP contribution >= 0.6 is 11.3 Å². The lowest BCUT2D eigenvalue weighted by Gasteiger charge is -2.44. The lowest BCUT2D eigenvalue weighted by atomic mass is 10.0. The van der Waals surface area contributed by atoms with Crippen LogP contribution in [0.15, 0.2) is 36.4 Å². The van der Waals surface area contributed by atoms with Gasteiger partial charge >= 0.3 is 0 Å². The monoisotopic (exact) mass is 385 g/mol. The molecule has 2 fully saturated rings. The number of benzene rings is 1. The number of piperazine rings is 1. The zero-order chi connectivity index (χ0) is 18.6. The number of nitrogens with zero attached hydrogens (tertiary/aromatic N) is 3. The molecular weight excluding hydrogens is 354 g/mol. The van der Waals surface area contributed by atoms with Gasteiger partial charge in [-0.25, -0.2) is 0 Å². The van der Waals surface area contributed by atoms with Crippen LogP contribution in [0.3, 0.4) is 0 Å². The standard InChI is InChI=1S/C22H31N3OS/c1-18-5-10-22(27-18)17-23-11-3-4-20(16-23)25-14-12-24(13-15-25)19-6-8-21(26-2)9-7-19/h5-10,20H,3-4,11-17H2,1-2H3/t20-/m1/s1. The summed E-state index contributed by atoms with van der Waals surface area (Å²) in [7, 11) is 1.72. The first-order chi connectivity index (χ1) is 13.2. The Morgan fingerprint density at radius 1 is 1.00 bits per heavy atom. The summed E-state index contributed by atoms with van der Waals surface area (Å²) in [6.07, 6.45) is 2.68. The van der Waals surface area contributed by atoms with Crippen molar-refractivity contribution >= 4 is 17.0 Å². The molecule has 0 unspecified atom stereocenters. The molecule has 0 saturated carbocycles. The summed E-state index contributed by atoms with van der Waals surface area (Å²) in [5, 5.41) is 0. The highest BCUT2D eigenvalue weighted by atomic mass is 32.1. The van der Waals surface area contributed by atoms with Gasteiger partial charge in [0.05, 0.1) is 7.11 Å². The minimum Gasteiger partial charge on any atom is -0.497 e. The second-order valence-corrected chi connectivity index (χ2v) is 9.14. The van der Waals surface area contributed by atoms with E-state index >= 15 is 0 Å². The van der Waals surface area contributed by atoms with E-state index in [4.69, 9.17) is 4.74 Å². The second-order valence-electron chi connectivity index (χ2n) is 7.76. The SMILES string of the molecule is COc1ccc(N2CCN([C@@H]3CCCN(Cc4ccc(C)s4)C3)CC2)cc1. The first-order valence-corrected chi connectivity index (χ1v) is 10.9. The van der Waals surface area contributed by atoms with Gasteiger partial charge in [-0.15, -0.1) is 11.3 Å². The molecule has 1 atom stereocenters. The van der Waals surface area contributed by atoms with Crippen molar-refractivity contribution in [2.24, 2.45) is 0 Å². The lowest BCUT2D eigenvalue weighted by molar-refractivity contribution is 0.0893. The third-order valence-electron chi connectivity index (χ3n) is 5.92. The van der Waals surface area contributed by atoms with Crippen molar-refractivity contribution in [2.75, 3.05) is 51.3 Å².